The molecule has 4 N–H and O–H groups in total. The van der Waals surface area contributed by atoms with Crippen LogP contribution in [0.25, 0.3) is 0 Å². The Bertz CT molecular complexity index is 1300. The molecule has 0 bridgehead atoms. The minimum Gasteiger partial charge on any atom is -0.508 e. The van der Waals surface area contributed by atoms with E-state index < -0.39 is 0 Å². The maximum Gasteiger partial charge on any atom is 0.238 e. The Morgan fingerprint density at radius 3 is 2.30 bits per heavy atom. The number of likely N-dealkylation sites (tertiary alicyclic amines) is 1. The molecule has 0 radical (unpaired) electrons. The van der Waals surface area contributed by atoms with Gasteiger partial charge in [0.05, 0.1) is 12.1 Å². The molecule has 1 aliphatic carbocycles. The van der Waals surface area contributed by atoms with Crippen LogP contribution in [0.1, 0.15) is 64.2 Å². The molecule has 3 aromatic rings. The normalized spacial score (nSPS) is 17.8. The average molecular weight is 501 g/mol. The van der Waals surface area contributed by atoms with Crippen LogP contribution in [0.4, 0.5) is 5.69 Å². The third-order valence-electron chi connectivity index (χ3n) is 7.46. The van der Waals surface area contributed by atoms with E-state index in [0.717, 1.165) is 37.1 Å². The predicted octanol–water partition coefficient (Wildman–Crippen LogP) is 4.73. The van der Waals surface area contributed by atoms with Gasteiger partial charge in [0.1, 0.15) is 17.2 Å². The summed E-state index contributed by atoms with van der Waals surface area (Å²) in [5.74, 6) is -0.388. The molecule has 5 rings (SSSR count). The number of carbonyl (C=O) groups is 2. The minimum absolute atomic E-state index is 0.0290. The Kier molecular flexibility index (Phi) is 7.15. The number of anilines is 1. The van der Waals surface area contributed by atoms with Crippen molar-refractivity contribution >= 4 is 17.4 Å². The van der Waals surface area contributed by atoms with Crippen molar-refractivity contribution in [3.63, 3.8) is 0 Å². The van der Waals surface area contributed by atoms with E-state index in [1.165, 1.54) is 12.5 Å². The lowest BCUT2D eigenvalue weighted by molar-refractivity contribution is -0.117. The number of aromatic hydroxyl groups is 3. The average Bonchev–Trinajstić information content (AvgIpc) is 2.88. The summed E-state index contributed by atoms with van der Waals surface area (Å²) in [6.07, 6.45) is 4.63. The van der Waals surface area contributed by atoms with Crippen LogP contribution in [0, 0.1) is 0 Å². The summed E-state index contributed by atoms with van der Waals surface area (Å²) in [7, 11) is 0. The SMILES string of the molecule is O=C(CN1CCCCC1)Nc1ccc(Cc2c(O)cc(O)c3c2CC(c2ccc(O)cc2)CC3=O)cc1. The van der Waals surface area contributed by atoms with Crippen molar-refractivity contribution in [2.45, 2.75) is 44.4 Å². The van der Waals surface area contributed by atoms with E-state index in [2.05, 4.69) is 10.2 Å². The highest BCUT2D eigenvalue weighted by molar-refractivity contribution is 6.02. The van der Waals surface area contributed by atoms with Crippen LogP contribution in [-0.4, -0.2) is 51.5 Å². The number of Topliss-reactive ketones (excluding diaryl/α,β-unsaturated/α-hetero) is 1. The first kappa shape index (κ1) is 24.8. The van der Waals surface area contributed by atoms with Crippen LogP contribution in [0.15, 0.2) is 54.6 Å². The number of carbonyl (C=O) groups excluding carboxylic acids is 2. The summed E-state index contributed by atoms with van der Waals surface area (Å²) < 4.78 is 0. The van der Waals surface area contributed by atoms with Crippen molar-refractivity contribution in [2.75, 3.05) is 25.0 Å². The lowest BCUT2D eigenvalue weighted by Gasteiger charge is -2.27. The molecule has 1 saturated heterocycles. The third-order valence-corrected chi connectivity index (χ3v) is 7.46. The summed E-state index contributed by atoms with van der Waals surface area (Å²) >= 11 is 0. The van der Waals surface area contributed by atoms with Gasteiger partial charge in [0.2, 0.25) is 5.91 Å². The van der Waals surface area contributed by atoms with Crippen molar-refractivity contribution in [1.82, 2.24) is 4.90 Å². The smallest absolute Gasteiger partial charge is 0.238 e. The summed E-state index contributed by atoms with van der Waals surface area (Å²) in [4.78, 5) is 27.6. The molecule has 0 spiro atoms. The number of hydrogen-bond acceptors (Lipinski definition) is 6. The highest BCUT2D eigenvalue weighted by Gasteiger charge is 2.32. The molecule has 7 heteroatoms. The monoisotopic (exact) mass is 500 g/mol. The number of amides is 1. The maximum absolute atomic E-state index is 13.0. The van der Waals surface area contributed by atoms with Gasteiger partial charge in [-0.25, -0.2) is 0 Å². The zero-order valence-electron chi connectivity index (χ0n) is 20.7. The Balaban J connectivity index is 1.33. The molecule has 3 aromatic carbocycles. The molecule has 7 nitrogen and oxygen atoms in total. The third kappa shape index (κ3) is 5.62. The van der Waals surface area contributed by atoms with Crippen LogP contribution in [0.3, 0.4) is 0 Å². The number of phenols is 3. The number of rotatable bonds is 6. The van der Waals surface area contributed by atoms with Gasteiger partial charge in [-0.1, -0.05) is 30.7 Å². The van der Waals surface area contributed by atoms with Gasteiger partial charge in [0.25, 0.3) is 0 Å². The fourth-order valence-corrected chi connectivity index (χ4v) is 5.54. The molecule has 1 fully saturated rings. The number of ketones is 1. The molecule has 0 aromatic heterocycles. The highest BCUT2D eigenvalue weighted by Crippen LogP contribution is 2.42. The van der Waals surface area contributed by atoms with Gasteiger partial charge < -0.3 is 20.6 Å². The van der Waals surface area contributed by atoms with E-state index in [0.29, 0.717) is 36.2 Å². The molecule has 1 heterocycles. The molecule has 37 heavy (non-hydrogen) atoms. The van der Waals surface area contributed by atoms with E-state index in [1.807, 2.05) is 24.3 Å². The maximum atomic E-state index is 13.0. The quantitative estimate of drug-likeness (QED) is 0.390. The van der Waals surface area contributed by atoms with Crippen molar-refractivity contribution in [1.29, 1.82) is 0 Å². The fourth-order valence-electron chi connectivity index (χ4n) is 5.54. The lowest BCUT2D eigenvalue weighted by Crippen LogP contribution is -2.36. The van der Waals surface area contributed by atoms with Gasteiger partial charge in [0, 0.05) is 30.2 Å². The summed E-state index contributed by atoms with van der Waals surface area (Å²) in [5, 5.41) is 33.8. The fraction of sp³-hybridized carbons (Fsp3) is 0.333. The highest BCUT2D eigenvalue weighted by atomic mass is 16.3. The summed E-state index contributed by atoms with van der Waals surface area (Å²) in [6.45, 7) is 2.32. The van der Waals surface area contributed by atoms with Crippen LogP contribution < -0.4 is 5.32 Å². The van der Waals surface area contributed by atoms with Crippen LogP contribution in [-0.2, 0) is 17.6 Å². The Labute approximate surface area is 216 Å². The van der Waals surface area contributed by atoms with Crippen molar-refractivity contribution in [2.24, 2.45) is 0 Å². The lowest BCUT2D eigenvalue weighted by atomic mass is 9.76. The van der Waals surface area contributed by atoms with Gasteiger partial charge in [-0.2, -0.15) is 0 Å². The van der Waals surface area contributed by atoms with Crippen molar-refractivity contribution in [3.05, 3.63) is 82.4 Å². The van der Waals surface area contributed by atoms with E-state index in [9.17, 15) is 24.9 Å². The van der Waals surface area contributed by atoms with Crippen molar-refractivity contribution < 1.29 is 24.9 Å². The van der Waals surface area contributed by atoms with Gasteiger partial charge in [-0.15, -0.1) is 0 Å². The first-order valence-corrected chi connectivity index (χ1v) is 12.9. The number of nitrogens with one attached hydrogen (secondary N) is 1. The zero-order valence-corrected chi connectivity index (χ0v) is 20.7. The number of fused-ring (bicyclic) bond motifs is 1. The summed E-state index contributed by atoms with van der Waals surface area (Å²) in [6, 6.07) is 15.6. The molecule has 2 aliphatic rings. The molecular formula is C30H32N2O5. The van der Waals surface area contributed by atoms with E-state index >= 15 is 0 Å². The Hall–Kier alpha value is -3.84. The molecule has 1 amide bonds. The first-order valence-electron chi connectivity index (χ1n) is 12.9. The number of phenolic OH excluding ortho intramolecular Hbond substituents is 3. The summed E-state index contributed by atoms with van der Waals surface area (Å²) in [5.41, 5.74) is 4.11. The van der Waals surface area contributed by atoms with Gasteiger partial charge >= 0.3 is 0 Å². The van der Waals surface area contributed by atoms with Crippen LogP contribution in [0.2, 0.25) is 0 Å². The van der Waals surface area contributed by atoms with E-state index in [4.69, 9.17) is 0 Å². The zero-order chi connectivity index (χ0) is 25.9. The molecule has 1 aliphatic heterocycles. The van der Waals surface area contributed by atoms with Crippen LogP contribution in [0.5, 0.6) is 17.2 Å². The standard InChI is InChI=1S/C30H32N2O5/c33-23-10-6-20(7-11-23)21-15-25-24(26(34)17-28(36)30(25)27(35)16-21)14-19-4-8-22(9-5-19)31-29(37)18-32-12-2-1-3-13-32/h4-11,17,21,33-34,36H,1-3,12-16,18H2,(H,31,37). The molecule has 0 saturated carbocycles. The number of hydrogen-bond donors (Lipinski definition) is 4. The Morgan fingerprint density at radius 2 is 1.59 bits per heavy atom. The second kappa shape index (κ2) is 10.6. The second-order valence-corrected chi connectivity index (χ2v) is 10.1. The minimum atomic E-state index is -0.197. The van der Waals surface area contributed by atoms with Gasteiger partial charge in [0.15, 0.2) is 5.78 Å². The molecule has 1 unspecified atom stereocenters. The van der Waals surface area contributed by atoms with E-state index in [-0.39, 0.29) is 46.8 Å². The van der Waals surface area contributed by atoms with Gasteiger partial charge in [-0.3, -0.25) is 14.5 Å². The first-order chi connectivity index (χ1) is 17.9. The topological polar surface area (TPSA) is 110 Å². The number of nitrogens with zero attached hydrogens (tertiary/aromatic N) is 1. The Morgan fingerprint density at radius 1 is 0.892 bits per heavy atom. The predicted molar refractivity (Wildman–Crippen MR) is 141 cm³/mol. The second-order valence-electron chi connectivity index (χ2n) is 10.1. The molecule has 192 valence electrons. The molecule has 1 atom stereocenters. The van der Waals surface area contributed by atoms with Crippen LogP contribution >= 0.6 is 0 Å². The van der Waals surface area contributed by atoms with Gasteiger partial charge in [-0.05, 0) is 79.2 Å². The molecular weight excluding hydrogens is 468 g/mol. The largest absolute Gasteiger partial charge is 0.508 e. The van der Waals surface area contributed by atoms with Crippen molar-refractivity contribution in [3.8, 4) is 17.2 Å². The van der Waals surface area contributed by atoms with E-state index in [1.54, 1.807) is 24.3 Å². The number of benzene rings is 3. The number of piperidine rings is 1.